The Labute approximate surface area is 195 Å². The first-order chi connectivity index (χ1) is 14.2. The molecule has 8 heteroatoms. The molecule has 30 heavy (non-hydrogen) atoms. The summed E-state index contributed by atoms with van der Waals surface area (Å²) in [7, 11) is 1.95. The number of nitrogens with one attached hydrogen (secondary N) is 2. The van der Waals surface area contributed by atoms with Gasteiger partial charge in [-0.05, 0) is 43.5 Å². The number of aliphatic imine (C=N–C) groups is 1. The summed E-state index contributed by atoms with van der Waals surface area (Å²) < 4.78 is 13.0. The van der Waals surface area contributed by atoms with Gasteiger partial charge in [-0.3, -0.25) is 4.68 Å². The minimum absolute atomic E-state index is 0. The summed E-state index contributed by atoms with van der Waals surface area (Å²) >= 11 is 0. The molecule has 0 bridgehead atoms. The van der Waals surface area contributed by atoms with E-state index in [-0.39, 0.29) is 29.4 Å². The number of aryl methyl sites for hydroxylation is 1. The molecule has 0 unspecified atom stereocenters. The van der Waals surface area contributed by atoms with E-state index < -0.39 is 0 Å². The fraction of sp³-hybridized carbons (Fsp3) is 0.545. The molecule has 1 fully saturated rings. The molecule has 0 amide bonds. The van der Waals surface area contributed by atoms with Gasteiger partial charge in [-0.25, -0.2) is 4.99 Å². The zero-order valence-electron chi connectivity index (χ0n) is 17.8. The van der Waals surface area contributed by atoms with Gasteiger partial charge in [0.2, 0.25) is 6.79 Å². The van der Waals surface area contributed by atoms with Crippen molar-refractivity contribution < 1.29 is 9.47 Å². The average molecular weight is 525 g/mol. The second-order valence-corrected chi connectivity index (χ2v) is 7.90. The lowest BCUT2D eigenvalue weighted by Gasteiger charge is -2.38. The van der Waals surface area contributed by atoms with E-state index in [0.717, 1.165) is 36.2 Å². The molecule has 7 nitrogen and oxygen atoms in total. The fourth-order valence-corrected chi connectivity index (χ4v) is 4.33. The Balaban J connectivity index is 0.00000256. The Hall–Kier alpha value is -1.97. The molecule has 1 aliphatic carbocycles. The number of guanidine groups is 1. The first-order valence-electron chi connectivity index (χ1n) is 10.6. The predicted octanol–water partition coefficient (Wildman–Crippen LogP) is 3.72. The molecule has 2 N–H and O–H groups in total. The van der Waals surface area contributed by atoms with Crippen molar-refractivity contribution in [1.29, 1.82) is 0 Å². The monoisotopic (exact) mass is 525 g/mol. The van der Waals surface area contributed by atoms with Gasteiger partial charge in [0, 0.05) is 31.7 Å². The van der Waals surface area contributed by atoms with Crippen molar-refractivity contribution >= 4 is 29.9 Å². The molecule has 1 aromatic heterocycles. The number of rotatable bonds is 6. The van der Waals surface area contributed by atoms with Gasteiger partial charge in [0.15, 0.2) is 17.5 Å². The number of ether oxygens (including phenoxy) is 2. The lowest BCUT2D eigenvalue weighted by molar-refractivity contribution is 0.174. The molecule has 0 spiro atoms. The highest BCUT2D eigenvalue weighted by Gasteiger charge is 2.35. The predicted molar refractivity (Wildman–Crippen MR) is 129 cm³/mol. The number of hydrogen-bond donors (Lipinski definition) is 2. The van der Waals surface area contributed by atoms with Crippen LogP contribution in [0.2, 0.25) is 0 Å². The maximum Gasteiger partial charge on any atom is 0.231 e. The van der Waals surface area contributed by atoms with E-state index in [2.05, 4.69) is 40.9 Å². The molecule has 1 aliphatic heterocycles. The Morgan fingerprint density at radius 1 is 1.13 bits per heavy atom. The van der Waals surface area contributed by atoms with Crippen LogP contribution in [0.15, 0.2) is 35.5 Å². The number of benzene rings is 1. The molecule has 0 atom stereocenters. The van der Waals surface area contributed by atoms with Gasteiger partial charge < -0.3 is 20.1 Å². The van der Waals surface area contributed by atoms with Crippen molar-refractivity contribution in [3.8, 4) is 11.5 Å². The summed E-state index contributed by atoms with van der Waals surface area (Å²) in [6.45, 7) is 4.69. The summed E-state index contributed by atoms with van der Waals surface area (Å²) in [5.74, 6) is 2.56. The van der Waals surface area contributed by atoms with Crippen molar-refractivity contribution in [1.82, 2.24) is 20.4 Å². The van der Waals surface area contributed by atoms with Crippen LogP contribution in [0.5, 0.6) is 11.5 Å². The Kier molecular flexibility index (Phi) is 7.85. The largest absolute Gasteiger partial charge is 0.454 e. The quantitative estimate of drug-likeness (QED) is 0.342. The SMILES string of the molecule is CCNC(=NCc1ccnn1C)NCC1(c2ccc3c(c2)OCO3)CCCCC1.I. The van der Waals surface area contributed by atoms with Crippen molar-refractivity contribution in [2.24, 2.45) is 12.0 Å². The van der Waals surface area contributed by atoms with E-state index in [1.54, 1.807) is 0 Å². The lowest BCUT2D eigenvalue weighted by atomic mass is 9.69. The van der Waals surface area contributed by atoms with Gasteiger partial charge >= 0.3 is 0 Å². The Morgan fingerprint density at radius 3 is 2.67 bits per heavy atom. The van der Waals surface area contributed by atoms with Gasteiger partial charge in [0.1, 0.15) is 0 Å². The van der Waals surface area contributed by atoms with E-state index in [0.29, 0.717) is 13.3 Å². The molecule has 0 radical (unpaired) electrons. The van der Waals surface area contributed by atoms with Gasteiger partial charge in [-0.15, -0.1) is 24.0 Å². The third-order valence-electron chi connectivity index (χ3n) is 6.06. The van der Waals surface area contributed by atoms with Gasteiger partial charge in [0.05, 0.1) is 12.2 Å². The average Bonchev–Trinajstić information content (AvgIpc) is 3.39. The zero-order valence-corrected chi connectivity index (χ0v) is 20.1. The first-order valence-corrected chi connectivity index (χ1v) is 10.6. The Morgan fingerprint density at radius 2 is 1.93 bits per heavy atom. The summed E-state index contributed by atoms with van der Waals surface area (Å²) in [4.78, 5) is 4.77. The molecule has 0 saturated heterocycles. The van der Waals surface area contributed by atoms with Crippen LogP contribution in [-0.2, 0) is 19.0 Å². The molecule has 1 saturated carbocycles. The molecular weight excluding hydrogens is 493 g/mol. The van der Waals surface area contributed by atoms with E-state index in [4.69, 9.17) is 14.5 Å². The second kappa shape index (κ2) is 10.4. The lowest BCUT2D eigenvalue weighted by Crippen LogP contribution is -2.46. The van der Waals surface area contributed by atoms with Crippen LogP contribution in [0.25, 0.3) is 0 Å². The normalized spacial score (nSPS) is 17.3. The van der Waals surface area contributed by atoms with E-state index in [1.807, 2.05) is 24.0 Å². The van der Waals surface area contributed by atoms with Crippen LogP contribution in [0.3, 0.4) is 0 Å². The smallest absolute Gasteiger partial charge is 0.231 e. The van der Waals surface area contributed by atoms with Crippen LogP contribution in [0.4, 0.5) is 0 Å². The van der Waals surface area contributed by atoms with Crippen molar-refractivity contribution in [2.45, 2.75) is 51.0 Å². The van der Waals surface area contributed by atoms with Crippen molar-refractivity contribution in [2.75, 3.05) is 19.9 Å². The number of aromatic nitrogens is 2. The number of hydrogen-bond acceptors (Lipinski definition) is 4. The molecule has 4 rings (SSSR count). The fourth-order valence-electron chi connectivity index (χ4n) is 4.33. The number of halogens is 1. The van der Waals surface area contributed by atoms with Gasteiger partial charge in [0.25, 0.3) is 0 Å². The van der Waals surface area contributed by atoms with E-state index in [9.17, 15) is 0 Å². The topological polar surface area (TPSA) is 72.7 Å². The minimum Gasteiger partial charge on any atom is -0.454 e. The number of nitrogens with zero attached hydrogens (tertiary/aromatic N) is 3. The highest BCUT2D eigenvalue weighted by molar-refractivity contribution is 14.0. The van der Waals surface area contributed by atoms with Crippen molar-refractivity contribution in [3.05, 3.63) is 41.7 Å². The van der Waals surface area contributed by atoms with Gasteiger partial charge in [-0.1, -0.05) is 25.3 Å². The molecule has 2 heterocycles. The first kappa shape index (κ1) is 22.7. The minimum atomic E-state index is 0. The summed E-state index contributed by atoms with van der Waals surface area (Å²) in [5, 5.41) is 11.2. The molecule has 2 aromatic rings. The molecular formula is C22H32IN5O2. The summed E-state index contributed by atoms with van der Waals surface area (Å²) in [6, 6.07) is 8.44. The van der Waals surface area contributed by atoms with Crippen molar-refractivity contribution in [3.63, 3.8) is 0 Å². The maximum atomic E-state index is 5.64. The van der Waals surface area contributed by atoms with Crippen LogP contribution >= 0.6 is 24.0 Å². The van der Waals surface area contributed by atoms with Gasteiger partial charge in [-0.2, -0.15) is 5.10 Å². The zero-order chi connectivity index (χ0) is 20.1. The second-order valence-electron chi connectivity index (χ2n) is 7.90. The van der Waals surface area contributed by atoms with E-state index in [1.165, 1.54) is 37.7 Å². The highest BCUT2D eigenvalue weighted by Crippen LogP contribution is 2.43. The highest BCUT2D eigenvalue weighted by atomic mass is 127. The summed E-state index contributed by atoms with van der Waals surface area (Å²) in [5.41, 5.74) is 2.50. The third kappa shape index (κ3) is 5.01. The number of fused-ring (bicyclic) bond motifs is 1. The molecule has 164 valence electrons. The standard InChI is InChI=1S/C22H31N5O2.HI/c1-3-23-21(24-14-18-9-12-26-27(18)2)25-15-22(10-5-4-6-11-22)17-7-8-19-20(13-17)29-16-28-19;/h7-9,12-13H,3-6,10-11,14-16H2,1-2H3,(H2,23,24,25);1H. The van der Waals surface area contributed by atoms with E-state index >= 15 is 0 Å². The van der Waals surface area contributed by atoms with Crippen LogP contribution < -0.4 is 20.1 Å². The molecule has 2 aliphatic rings. The summed E-state index contributed by atoms with van der Waals surface area (Å²) in [6.07, 6.45) is 7.95. The van der Waals surface area contributed by atoms with Crippen LogP contribution in [-0.4, -0.2) is 35.6 Å². The van der Waals surface area contributed by atoms with Crippen LogP contribution in [0.1, 0.15) is 50.3 Å². The Bertz CT molecular complexity index is 861. The maximum absolute atomic E-state index is 5.64. The third-order valence-corrected chi connectivity index (χ3v) is 6.06. The van der Waals surface area contributed by atoms with Crippen LogP contribution in [0, 0.1) is 0 Å². The molecule has 1 aromatic carbocycles.